The standard InChI is InChI=1S/C15H20FN3O3S/c1-11-4-3-5-14(16)15(11)23(21,22)18-8-13(10-20)6-12-7-17-19(2)9-12/h3-5,7,9,13,18,20H,6,8,10H2,1-2H3. The molecule has 0 spiro atoms. The normalized spacial score (nSPS) is 13.2. The molecule has 0 bridgehead atoms. The van der Waals surface area contributed by atoms with Crippen LogP contribution < -0.4 is 4.72 Å². The summed E-state index contributed by atoms with van der Waals surface area (Å²) in [5, 5.41) is 13.5. The van der Waals surface area contributed by atoms with Crippen LogP contribution >= 0.6 is 0 Å². The fourth-order valence-electron chi connectivity index (χ4n) is 2.37. The third-order valence-corrected chi connectivity index (χ3v) is 5.14. The molecule has 2 aromatic rings. The van der Waals surface area contributed by atoms with Gasteiger partial charge in [0.05, 0.1) is 6.20 Å². The summed E-state index contributed by atoms with van der Waals surface area (Å²) in [6, 6.07) is 4.11. The maximum atomic E-state index is 13.8. The minimum absolute atomic E-state index is 0.0154. The van der Waals surface area contributed by atoms with Gasteiger partial charge in [0.2, 0.25) is 10.0 Å². The second-order valence-corrected chi connectivity index (χ2v) is 7.22. The number of rotatable bonds is 7. The quantitative estimate of drug-likeness (QED) is 0.787. The van der Waals surface area contributed by atoms with Crippen LogP contribution in [0.15, 0.2) is 35.5 Å². The molecular weight excluding hydrogens is 321 g/mol. The van der Waals surface area contributed by atoms with E-state index in [1.807, 2.05) is 0 Å². The molecule has 1 heterocycles. The summed E-state index contributed by atoms with van der Waals surface area (Å²) in [4.78, 5) is -0.349. The lowest BCUT2D eigenvalue weighted by Crippen LogP contribution is -2.32. The van der Waals surface area contributed by atoms with Gasteiger partial charge in [-0.15, -0.1) is 0 Å². The number of hydrogen-bond donors (Lipinski definition) is 2. The Kier molecular flexibility index (Phi) is 5.51. The zero-order valence-corrected chi connectivity index (χ0v) is 13.8. The molecule has 0 aliphatic rings. The Morgan fingerprint density at radius 3 is 2.74 bits per heavy atom. The summed E-state index contributed by atoms with van der Waals surface area (Å²) in [5.41, 5.74) is 1.23. The van der Waals surface area contributed by atoms with Gasteiger partial charge in [0.25, 0.3) is 0 Å². The molecule has 126 valence electrons. The van der Waals surface area contributed by atoms with Crippen molar-refractivity contribution in [1.82, 2.24) is 14.5 Å². The maximum Gasteiger partial charge on any atom is 0.243 e. The van der Waals surface area contributed by atoms with Crippen LogP contribution in [0, 0.1) is 18.7 Å². The van der Waals surface area contributed by atoms with Crippen molar-refractivity contribution in [3.63, 3.8) is 0 Å². The molecule has 0 amide bonds. The minimum Gasteiger partial charge on any atom is -0.396 e. The smallest absolute Gasteiger partial charge is 0.243 e. The largest absolute Gasteiger partial charge is 0.396 e. The molecule has 6 nitrogen and oxygen atoms in total. The first-order chi connectivity index (χ1) is 10.8. The van der Waals surface area contributed by atoms with E-state index in [1.165, 1.54) is 19.1 Å². The molecule has 1 aromatic heterocycles. The van der Waals surface area contributed by atoms with Gasteiger partial charge in [-0.05, 0) is 36.5 Å². The molecule has 2 N–H and O–H groups in total. The van der Waals surface area contributed by atoms with Gasteiger partial charge in [0.1, 0.15) is 10.7 Å². The Morgan fingerprint density at radius 1 is 1.43 bits per heavy atom. The molecular formula is C15H20FN3O3S. The van der Waals surface area contributed by atoms with E-state index in [0.717, 1.165) is 11.6 Å². The zero-order valence-electron chi connectivity index (χ0n) is 13.0. The lowest BCUT2D eigenvalue weighted by molar-refractivity contribution is 0.227. The van der Waals surface area contributed by atoms with Crippen molar-refractivity contribution in [3.8, 4) is 0 Å². The van der Waals surface area contributed by atoms with E-state index >= 15 is 0 Å². The van der Waals surface area contributed by atoms with Gasteiger partial charge in [-0.1, -0.05) is 12.1 Å². The third kappa shape index (κ3) is 4.37. The van der Waals surface area contributed by atoms with Crippen LogP contribution in [0.5, 0.6) is 0 Å². The molecule has 23 heavy (non-hydrogen) atoms. The molecule has 2 rings (SSSR count). The van der Waals surface area contributed by atoms with Gasteiger partial charge in [-0.25, -0.2) is 17.5 Å². The van der Waals surface area contributed by atoms with Crippen LogP contribution in [0.25, 0.3) is 0 Å². The summed E-state index contributed by atoms with van der Waals surface area (Å²) >= 11 is 0. The van der Waals surface area contributed by atoms with Crippen molar-refractivity contribution >= 4 is 10.0 Å². The Morgan fingerprint density at radius 2 is 2.17 bits per heavy atom. The summed E-state index contributed by atoms with van der Waals surface area (Å²) in [5.74, 6) is -1.11. The van der Waals surface area contributed by atoms with Crippen LogP contribution in [0.3, 0.4) is 0 Å². The molecule has 0 fully saturated rings. The molecule has 0 saturated heterocycles. The highest BCUT2D eigenvalue weighted by Gasteiger charge is 2.22. The second-order valence-electron chi connectivity index (χ2n) is 5.51. The SMILES string of the molecule is Cc1cccc(F)c1S(=O)(=O)NCC(CO)Cc1cnn(C)c1. The molecule has 0 saturated carbocycles. The summed E-state index contributed by atoms with van der Waals surface area (Å²) in [6.07, 6.45) is 3.94. The van der Waals surface area contributed by atoms with Gasteiger partial charge < -0.3 is 5.11 Å². The zero-order chi connectivity index (χ0) is 17.0. The average molecular weight is 341 g/mol. The topological polar surface area (TPSA) is 84.2 Å². The van der Waals surface area contributed by atoms with Gasteiger partial charge in [0, 0.05) is 26.4 Å². The number of aromatic nitrogens is 2. The van der Waals surface area contributed by atoms with E-state index in [0.29, 0.717) is 12.0 Å². The van der Waals surface area contributed by atoms with Crippen LogP contribution in [0.4, 0.5) is 4.39 Å². The van der Waals surface area contributed by atoms with Crippen LogP contribution in [-0.2, 0) is 23.5 Å². The van der Waals surface area contributed by atoms with Gasteiger partial charge in [-0.3, -0.25) is 4.68 Å². The predicted octanol–water partition coefficient (Wildman–Crippen LogP) is 0.997. The van der Waals surface area contributed by atoms with E-state index in [-0.39, 0.29) is 24.0 Å². The van der Waals surface area contributed by atoms with Gasteiger partial charge in [-0.2, -0.15) is 5.10 Å². The summed E-state index contributed by atoms with van der Waals surface area (Å²) in [6.45, 7) is 1.37. The van der Waals surface area contributed by atoms with Crippen molar-refractivity contribution in [2.24, 2.45) is 13.0 Å². The number of sulfonamides is 1. The minimum atomic E-state index is -3.97. The summed E-state index contributed by atoms with van der Waals surface area (Å²) < 4.78 is 42.4. The Hall–Kier alpha value is -1.77. The molecule has 0 aliphatic carbocycles. The fourth-order valence-corrected chi connectivity index (χ4v) is 3.78. The van der Waals surface area contributed by atoms with E-state index < -0.39 is 15.8 Å². The first kappa shape index (κ1) is 17.6. The summed E-state index contributed by atoms with van der Waals surface area (Å²) in [7, 11) is -2.19. The van der Waals surface area contributed by atoms with Crippen molar-refractivity contribution < 1.29 is 17.9 Å². The number of halogens is 1. The van der Waals surface area contributed by atoms with Gasteiger partial charge >= 0.3 is 0 Å². The fraction of sp³-hybridized carbons (Fsp3) is 0.400. The number of hydrogen-bond acceptors (Lipinski definition) is 4. The molecule has 8 heteroatoms. The van der Waals surface area contributed by atoms with E-state index in [9.17, 15) is 17.9 Å². The molecule has 0 aliphatic heterocycles. The van der Waals surface area contributed by atoms with Gasteiger partial charge in [0.15, 0.2) is 0 Å². The van der Waals surface area contributed by atoms with E-state index in [1.54, 1.807) is 24.1 Å². The van der Waals surface area contributed by atoms with E-state index in [4.69, 9.17) is 0 Å². The number of nitrogens with zero attached hydrogens (tertiary/aromatic N) is 2. The maximum absolute atomic E-state index is 13.8. The lowest BCUT2D eigenvalue weighted by Gasteiger charge is -2.15. The molecule has 1 unspecified atom stereocenters. The van der Waals surface area contributed by atoms with Crippen molar-refractivity contribution in [2.45, 2.75) is 18.2 Å². The first-order valence-electron chi connectivity index (χ1n) is 7.16. The Bertz CT molecular complexity index is 754. The second kappa shape index (κ2) is 7.20. The molecule has 1 atom stereocenters. The van der Waals surface area contributed by atoms with Crippen molar-refractivity contribution in [2.75, 3.05) is 13.2 Å². The number of benzene rings is 1. The van der Waals surface area contributed by atoms with E-state index in [2.05, 4.69) is 9.82 Å². The van der Waals surface area contributed by atoms with Crippen molar-refractivity contribution in [1.29, 1.82) is 0 Å². The first-order valence-corrected chi connectivity index (χ1v) is 8.65. The van der Waals surface area contributed by atoms with Crippen LogP contribution in [0.2, 0.25) is 0 Å². The number of nitrogens with one attached hydrogen (secondary N) is 1. The van der Waals surface area contributed by atoms with Crippen LogP contribution in [0.1, 0.15) is 11.1 Å². The highest BCUT2D eigenvalue weighted by molar-refractivity contribution is 7.89. The Labute approximate surface area is 135 Å². The highest BCUT2D eigenvalue weighted by atomic mass is 32.2. The third-order valence-electron chi connectivity index (χ3n) is 3.54. The average Bonchev–Trinajstić information content (AvgIpc) is 2.88. The number of aliphatic hydroxyl groups excluding tert-OH is 1. The lowest BCUT2D eigenvalue weighted by atomic mass is 10.0. The molecule has 0 radical (unpaired) electrons. The monoisotopic (exact) mass is 341 g/mol. The predicted molar refractivity (Wildman–Crippen MR) is 83.8 cm³/mol. The van der Waals surface area contributed by atoms with Crippen LogP contribution in [-0.4, -0.2) is 36.5 Å². The highest BCUT2D eigenvalue weighted by Crippen LogP contribution is 2.19. The number of aliphatic hydroxyl groups is 1. The molecule has 1 aromatic carbocycles. The Balaban J connectivity index is 2.08. The van der Waals surface area contributed by atoms with Crippen molar-refractivity contribution in [3.05, 3.63) is 47.5 Å². The number of aryl methyl sites for hydroxylation is 2.